The summed E-state index contributed by atoms with van der Waals surface area (Å²) in [7, 11) is 0. The first-order chi connectivity index (χ1) is 15.4. The highest BCUT2D eigenvalue weighted by Crippen LogP contribution is 2.34. The maximum absolute atomic E-state index is 13.4. The Bertz CT molecular complexity index is 1260. The van der Waals surface area contributed by atoms with Crippen molar-refractivity contribution in [2.24, 2.45) is 0 Å². The van der Waals surface area contributed by atoms with E-state index in [-0.39, 0.29) is 5.91 Å². The molecule has 2 heterocycles. The maximum Gasteiger partial charge on any atom is 0.257 e. The number of nitriles is 1. The van der Waals surface area contributed by atoms with Crippen molar-refractivity contribution in [2.75, 3.05) is 10.2 Å². The van der Waals surface area contributed by atoms with Crippen molar-refractivity contribution in [2.45, 2.75) is 19.9 Å². The van der Waals surface area contributed by atoms with Gasteiger partial charge in [-0.25, -0.2) is 0 Å². The van der Waals surface area contributed by atoms with E-state index < -0.39 is 6.04 Å². The summed E-state index contributed by atoms with van der Waals surface area (Å²) in [6.07, 6.45) is 0. The van der Waals surface area contributed by atoms with Crippen LogP contribution in [0.15, 0.2) is 70.4 Å². The lowest BCUT2D eigenvalue weighted by atomic mass is 9.93. The SMILES string of the molecule is CC1=C(C(=O)Nc2cc(C)on2)C(c2ccc(C#N)cc2)NC(=S)N1c1ccc(Cl)cc1. The van der Waals surface area contributed by atoms with Gasteiger partial charge in [0.1, 0.15) is 5.76 Å². The first kappa shape index (κ1) is 21.6. The van der Waals surface area contributed by atoms with E-state index >= 15 is 0 Å². The minimum absolute atomic E-state index is 0.317. The van der Waals surface area contributed by atoms with E-state index in [1.165, 1.54) is 0 Å². The zero-order valence-corrected chi connectivity index (χ0v) is 18.8. The van der Waals surface area contributed by atoms with Crippen molar-refractivity contribution in [1.29, 1.82) is 5.26 Å². The Morgan fingerprint density at radius 3 is 2.50 bits per heavy atom. The van der Waals surface area contributed by atoms with Gasteiger partial charge >= 0.3 is 0 Å². The van der Waals surface area contributed by atoms with Crippen LogP contribution in [-0.2, 0) is 4.79 Å². The molecule has 2 aromatic carbocycles. The molecule has 32 heavy (non-hydrogen) atoms. The molecule has 0 bridgehead atoms. The zero-order valence-electron chi connectivity index (χ0n) is 17.2. The fourth-order valence-electron chi connectivity index (χ4n) is 3.55. The summed E-state index contributed by atoms with van der Waals surface area (Å²) in [4.78, 5) is 15.2. The molecule has 0 aliphatic carbocycles. The first-order valence-corrected chi connectivity index (χ1v) is 10.5. The van der Waals surface area contributed by atoms with E-state index in [9.17, 15) is 4.79 Å². The van der Waals surface area contributed by atoms with Crippen molar-refractivity contribution in [3.05, 3.63) is 87.8 Å². The van der Waals surface area contributed by atoms with Gasteiger partial charge in [-0.15, -0.1) is 0 Å². The van der Waals surface area contributed by atoms with Crippen LogP contribution in [0.5, 0.6) is 0 Å². The summed E-state index contributed by atoms with van der Waals surface area (Å²) in [6, 6.07) is 17.4. The van der Waals surface area contributed by atoms with Gasteiger partial charge in [-0.2, -0.15) is 5.26 Å². The van der Waals surface area contributed by atoms with E-state index in [4.69, 9.17) is 33.6 Å². The lowest BCUT2D eigenvalue weighted by Crippen LogP contribution is -2.48. The first-order valence-electron chi connectivity index (χ1n) is 9.69. The van der Waals surface area contributed by atoms with Crippen LogP contribution in [0.25, 0.3) is 0 Å². The number of nitrogens with one attached hydrogen (secondary N) is 2. The summed E-state index contributed by atoms with van der Waals surface area (Å²) in [5.41, 5.74) is 3.20. The van der Waals surface area contributed by atoms with E-state index in [1.54, 1.807) is 54.3 Å². The van der Waals surface area contributed by atoms with Crippen LogP contribution < -0.4 is 15.5 Å². The molecule has 1 atom stereocenters. The minimum Gasteiger partial charge on any atom is -0.360 e. The highest BCUT2D eigenvalue weighted by atomic mass is 35.5. The summed E-state index contributed by atoms with van der Waals surface area (Å²) >= 11 is 11.7. The molecule has 0 fully saturated rings. The fraction of sp³-hybridized carbons (Fsp3) is 0.130. The molecule has 0 saturated carbocycles. The van der Waals surface area contributed by atoms with Crippen LogP contribution in [0.2, 0.25) is 5.02 Å². The number of aromatic nitrogens is 1. The summed E-state index contributed by atoms with van der Waals surface area (Å²) in [5, 5.41) is 20.1. The number of anilines is 2. The normalized spacial score (nSPS) is 15.9. The maximum atomic E-state index is 13.4. The largest absolute Gasteiger partial charge is 0.360 e. The van der Waals surface area contributed by atoms with Gasteiger partial charge in [0.15, 0.2) is 10.9 Å². The Balaban J connectivity index is 1.80. The highest BCUT2D eigenvalue weighted by Gasteiger charge is 2.35. The third-order valence-corrected chi connectivity index (χ3v) is 5.61. The highest BCUT2D eigenvalue weighted by molar-refractivity contribution is 7.80. The molecule has 1 unspecified atom stereocenters. The van der Waals surface area contributed by atoms with E-state index in [0.29, 0.717) is 38.5 Å². The average molecular weight is 464 g/mol. The molecule has 7 nitrogen and oxygen atoms in total. The second kappa shape index (κ2) is 8.83. The number of halogens is 1. The summed E-state index contributed by atoms with van der Waals surface area (Å²) in [6.45, 7) is 3.58. The van der Waals surface area contributed by atoms with E-state index in [1.807, 2.05) is 19.1 Å². The standard InChI is InChI=1S/C23H18ClN5O2S/c1-13-11-19(28-31-13)26-22(30)20-14(2)29(18-9-7-17(24)8-10-18)23(32)27-21(20)16-5-3-15(12-25)4-6-16/h3-11,21H,1-2H3,(H,27,32)(H,26,28,30). The number of allylic oxidation sites excluding steroid dienone is 1. The lowest BCUT2D eigenvalue weighted by Gasteiger charge is -2.37. The molecule has 9 heteroatoms. The molecular weight excluding hydrogens is 446 g/mol. The number of amides is 1. The molecule has 1 aromatic heterocycles. The van der Waals surface area contributed by atoms with Crippen LogP contribution in [-0.4, -0.2) is 16.2 Å². The molecule has 4 rings (SSSR count). The van der Waals surface area contributed by atoms with Gasteiger partial charge in [-0.05, 0) is 68.0 Å². The van der Waals surface area contributed by atoms with Crippen LogP contribution in [0.4, 0.5) is 11.5 Å². The molecule has 0 saturated heterocycles. The number of aryl methyl sites for hydroxylation is 1. The van der Waals surface area contributed by atoms with Crippen molar-refractivity contribution >= 4 is 46.3 Å². The number of thiocarbonyl (C=S) groups is 1. The van der Waals surface area contributed by atoms with Crippen molar-refractivity contribution in [3.8, 4) is 6.07 Å². The number of benzene rings is 2. The second-order valence-electron chi connectivity index (χ2n) is 7.20. The van der Waals surface area contributed by atoms with Crippen molar-refractivity contribution in [3.63, 3.8) is 0 Å². The predicted octanol–water partition coefficient (Wildman–Crippen LogP) is 4.86. The number of hydrogen-bond donors (Lipinski definition) is 2. The summed E-state index contributed by atoms with van der Waals surface area (Å²) < 4.78 is 5.06. The molecular formula is C23H18ClN5O2S. The number of hydrogen-bond acceptors (Lipinski definition) is 5. The van der Waals surface area contributed by atoms with Crippen LogP contribution in [0, 0.1) is 18.3 Å². The van der Waals surface area contributed by atoms with Crippen molar-refractivity contribution in [1.82, 2.24) is 10.5 Å². The van der Waals surface area contributed by atoms with Gasteiger partial charge in [-0.3, -0.25) is 9.69 Å². The van der Waals surface area contributed by atoms with E-state index in [2.05, 4.69) is 21.9 Å². The Morgan fingerprint density at radius 1 is 1.22 bits per heavy atom. The Labute approximate surface area is 195 Å². The monoisotopic (exact) mass is 463 g/mol. The van der Waals surface area contributed by atoms with Crippen LogP contribution >= 0.6 is 23.8 Å². The smallest absolute Gasteiger partial charge is 0.257 e. The van der Waals surface area contributed by atoms with Gasteiger partial charge < -0.3 is 15.2 Å². The molecule has 2 N–H and O–H groups in total. The van der Waals surface area contributed by atoms with Gasteiger partial charge in [0.25, 0.3) is 5.91 Å². The molecule has 1 amide bonds. The molecule has 1 aliphatic heterocycles. The van der Waals surface area contributed by atoms with Gasteiger partial charge in [0.2, 0.25) is 0 Å². The molecule has 3 aromatic rings. The quantitative estimate of drug-likeness (QED) is 0.533. The number of nitrogens with zero attached hydrogens (tertiary/aromatic N) is 3. The zero-order chi connectivity index (χ0) is 22.8. The predicted molar refractivity (Wildman–Crippen MR) is 126 cm³/mol. The molecule has 0 spiro atoms. The summed E-state index contributed by atoms with van der Waals surface area (Å²) in [5.74, 6) is 0.553. The van der Waals surface area contributed by atoms with Crippen molar-refractivity contribution < 1.29 is 9.32 Å². The average Bonchev–Trinajstić information content (AvgIpc) is 3.19. The molecule has 0 radical (unpaired) electrons. The van der Waals surface area contributed by atoms with Crippen LogP contribution in [0.1, 0.15) is 29.9 Å². The lowest BCUT2D eigenvalue weighted by molar-refractivity contribution is -0.113. The Morgan fingerprint density at radius 2 is 1.91 bits per heavy atom. The number of carbonyl (C=O) groups is 1. The van der Waals surface area contributed by atoms with Gasteiger partial charge in [0.05, 0.1) is 23.2 Å². The molecule has 1 aliphatic rings. The Kier molecular flexibility index (Phi) is 5.95. The second-order valence-corrected chi connectivity index (χ2v) is 8.03. The molecule has 160 valence electrons. The fourth-order valence-corrected chi connectivity index (χ4v) is 4.03. The Hall–Kier alpha value is -3.67. The number of rotatable bonds is 4. The number of carbonyl (C=O) groups excluding carboxylic acids is 1. The topological polar surface area (TPSA) is 94.2 Å². The van der Waals surface area contributed by atoms with E-state index in [0.717, 1.165) is 11.3 Å². The van der Waals surface area contributed by atoms with Crippen LogP contribution in [0.3, 0.4) is 0 Å². The third kappa shape index (κ3) is 4.21. The minimum atomic E-state index is -0.521. The third-order valence-electron chi connectivity index (χ3n) is 5.06. The van der Waals surface area contributed by atoms with Gasteiger partial charge in [-0.1, -0.05) is 28.9 Å². The van der Waals surface area contributed by atoms with Gasteiger partial charge in [0, 0.05) is 22.5 Å².